The molecule has 0 radical (unpaired) electrons. The highest BCUT2D eigenvalue weighted by atomic mass is 32.2. The summed E-state index contributed by atoms with van der Waals surface area (Å²) >= 11 is 1.56. The van der Waals surface area contributed by atoms with E-state index in [0.29, 0.717) is 17.8 Å². The molecule has 106 valence electrons. The van der Waals surface area contributed by atoms with E-state index >= 15 is 0 Å². The molecule has 0 spiro atoms. The lowest BCUT2D eigenvalue weighted by Gasteiger charge is -2.27. The summed E-state index contributed by atoms with van der Waals surface area (Å²) in [5.41, 5.74) is 1.50. The lowest BCUT2D eigenvalue weighted by molar-refractivity contribution is -0.131. The van der Waals surface area contributed by atoms with Crippen LogP contribution >= 0.6 is 11.8 Å². The Bertz CT molecular complexity index is 594. The molecular weight excluding hydrogens is 276 g/mol. The van der Waals surface area contributed by atoms with Crippen molar-refractivity contribution in [2.75, 3.05) is 31.9 Å². The second kappa shape index (κ2) is 6.19. The van der Waals surface area contributed by atoms with E-state index in [4.69, 9.17) is 0 Å². The monoisotopic (exact) mass is 292 g/mol. The minimum atomic E-state index is 0.217. The van der Waals surface area contributed by atoms with Crippen molar-refractivity contribution in [2.45, 2.75) is 11.4 Å². The van der Waals surface area contributed by atoms with E-state index in [2.05, 4.69) is 25.3 Å². The van der Waals surface area contributed by atoms with Crippen LogP contribution in [0.1, 0.15) is 6.42 Å². The van der Waals surface area contributed by atoms with Crippen LogP contribution in [-0.2, 0) is 4.79 Å². The number of thioether (sulfide) groups is 1. The second-order valence-electron chi connectivity index (χ2n) is 4.51. The maximum Gasteiger partial charge on any atom is 0.223 e. The fraction of sp³-hybridized carbons (Fsp3) is 0.500. The molecule has 3 rings (SSSR count). The summed E-state index contributed by atoms with van der Waals surface area (Å²) in [5, 5.41) is 4.09. The van der Waals surface area contributed by atoms with Gasteiger partial charge in [0.25, 0.3) is 0 Å². The Balaban J connectivity index is 1.54. The molecule has 1 fully saturated rings. The molecular formula is C12H16N6OS. The molecule has 0 unspecified atom stereocenters. The quantitative estimate of drug-likeness (QED) is 0.621. The van der Waals surface area contributed by atoms with Crippen molar-refractivity contribution < 1.29 is 4.79 Å². The van der Waals surface area contributed by atoms with E-state index in [9.17, 15) is 4.79 Å². The van der Waals surface area contributed by atoms with Gasteiger partial charge in [0, 0.05) is 38.4 Å². The van der Waals surface area contributed by atoms with Crippen molar-refractivity contribution in [3.63, 3.8) is 0 Å². The number of hydrogen-bond acceptors (Lipinski definition) is 6. The van der Waals surface area contributed by atoms with Crippen molar-refractivity contribution in [1.82, 2.24) is 30.2 Å². The lowest BCUT2D eigenvalue weighted by atomic mass is 10.3. The van der Waals surface area contributed by atoms with E-state index in [1.54, 1.807) is 18.1 Å². The van der Waals surface area contributed by atoms with Gasteiger partial charge in [0.05, 0.1) is 6.33 Å². The topological polar surface area (TPSA) is 86.8 Å². The zero-order valence-corrected chi connectivity index (χ0v) is 11.8. The third-order valence-electron chi connectivity index (χ3n) is 3.21. The summed E-state index contributed by atoms with van der Waals surface area (Å²) in [6.45, 7) is 3.39. The number of nitrogens with one attached hydrogen (secondary N) is 2. The highest BCUT2D eigenvalue weighted by molar-refractivity contribution is 7.99. The summed E-state index contributed by atoms with van der Waals surface area (Å²) in [6, 6.07) is 0. The van der Waals surface area contributed by atoms with Crippen LogP contribution in [-0.4, -0.2) is 62.7 Å². The molecule has 0 saturated carbocycles. The van der Waals surface area contributed by atoms with E-state index < -0.39 is 0 Å². The number of aromatic amines is 1. The summed E-state index contributed by atoms with van der Waals surface area (Å²) in [5.74, 6) is 0.933. The van der Waals surface area contributed by atoms with Gasteiger partial charge in [0.15, 0.2) is 5.65 Å². The molecule has 0 aromatic carbocycles. The molecule has 0 aliphatic carbocycles. The average Bonchev–Trinajstić information content (AvgIpc) is 2.97. The number of piperazine rings is 1. The molecule has 2 aromatic rings. The summed E-state index contributed by atoms with van der Waals surface area (Å²) in [4.78, 5) is 29.4. The predicted molar refractivity (Wildman–Crippen MR) is 76.5 cm³/mol. The zero-order valence-electron chi connectivity index (χ0n) is 11.0. The summed E-state index contributed by atoms with van der Waals surface area (Å²) in [6.07, 6.45) is 3.64. The van der Waals surface area contributed by atoms with Gasteiger partial charge in [-0.3, -0.25) is 4.79 Å². The highest BCUT2D eigenvalue weighted by Gasteiger charge is 2.16. The maximum atomic E-state index is 12.0. The number of hydrogen-bond donors (Lipinski definition) is 2. The third-order valence-corrected chi connectivity index (χ3v) is 4.20. The van der Waals surface area contributed by atoms with Gasteiger partial charge >= 0.3 is 0 Å². The molecule has 20 heavy (non-hydrogen) atoms. The third kappa shape index (κ3) is 2.91. The molecule has 1 aliphatic heterocycles. The number of amides is 1. The summed E-state index contributed by atoms with van der Waals surface area (Å²) < 4.78 is 0. The van der Waals surface area contributed by atoms with E-state index in [0.717, 1.165) is 36.7 Å². The Morgan fingerprint density at radius 3 is 3.00 bits per heavy atom. The van der Waals surface area contributed by atoms with Crippen molar-refractivity contribution >= 4 is 28.8 Å². The van der Waals surface area contributed by atoms with Crippen LogP contribution in [0.2, 0.25) is 0 Å². The fourth-order valence-corrected chi connectivity index (χ4v) is 3.05. The Kier molecular flexibility index (Phi) is 4.12. The van der Waals surface area contributed by atoms with Crippen molar-refractivity contribution in [2.24, 2.45) is 0 Å². The first kappa shape index (κ1) is 13.3. The van der Waals surface area contributed by atoms with Crippen LogP contribution in [0.25, 0.3) is 11.2 Å². The zero-order chi connectivity index (χ0) is 13.8. The van der Waals surface area contributed by atoms with Crippen molar-refractivity contribution in [1.29, 1.82) is 0 Å². The molecule has 1 aliphatic rings. The van der Waals surface area contributed by atoms with Crippen LogP contribution in [0.4, 0.5) is 0 Å². The number of nitrogens with zero attached hydrogens (tertiary/aromatic N) is 4. The molecule has 2 aromatic heterocycles. The summed E-state index contributed by atoms with van der Waals surface area (Å²) in [7, 11) is 0. The SMILES string of the molecule is O=C(CCSc1ncnc2nc[nH]c12)N1CCNCC1. The normalized spacial score (nSPS) is 15.7. The van der Waals surface area contributed by atoms with E-state index in [-0.39, 0.29) is 5.91 Å². The Morgan fingerprint density at radius 2 is 2.15 bits per heavy atom. The van der Waals surface area contributed by atoms with E-state index in [1.165, 1.54) is 6.33 Å². The number of rotatable bonds is 4. The number of imidazole rings is 1. The Labute approximate surface area is 120 Å². The lowest BCUT2D eigenvalue weighted by Crippen LogP contribution is -2.46. The van der Waals surface area contributed by atoms with Gasteiger partial charge in [-0.15, -0.1) is 11.8 Å². The molecule has 3 heterocycles. The van der Waals surface area contributed by atoms with Gasteiger partial charge in [0.1, 0.15) is 16.9 Å². The molecule has 0 bridgehead atoms. The minimum Gasteiger partial charge on any atom is -0.341 e. The first-order chi connectivity index (χ1) is 9.84. The van der Waals surface area contributed by atoms with Gasteiger partial charge in [-0.1, -0.05) is 0 Å². The van der Waals surface area contributed by atoms with Crippen LogP contribution in [0, 0.1) is 0 Å². The van der Waals surface area contributed by atoms with Gasteiger partial charge in [0.2, 0.25) is 5.91 Å². The predicted octanol–water partition coefficient (Wildman–Crippen LogP) is 0.267. The van der Waals surface area contributed by atoms with Gasteiger partial charge in [-0.25, -0.2) is 15.0 Å². The molecule has 0 atom stereocenters. The minimum absolute atomic E-state index is 0.217. The number of carbonyl (C=O) groups is 1. The Morgan fingerprint density at radius 1 is 1.30 bits per heavy atom. The molecule has 1 saturated heterocycles. The number of aromatic nitrogens is 4. The number of fused-ring (bicyclic) bond motifs is 1. The number of carbonyl (C=O) groups excluding carboxylic acids is 1. The molecule has 2 N–H and O–H groups in total. The molecule has 8 heteroatoms. The maximum absolute atomic E-state index is 12.0. The van der Waals surface area contributed by atoms with Crippen LogP contribution in [0.15, 0.2) is 17.7 Å². The van der Waals surface area contributed by atoms with Crippen molar-refractivity contribution in [3.05, 3.63) is 12.7 Å². The van der Waals surface area contributed by atoms with E-state index in [1.807, 2.05) is 4.90 Å². The second-order valence-corrected chi connectivity index (χ2v) is 5.59. The number of H-pyrrole nitrogens is 1. The molecule has 1 amide bonds. The van der Waals surface area contributed by atoms with Crippen molar-refractivity contribution in [3.8, 4) is 0 Å². The molecule has 7 nitrogen and oxygen atoms in total. The van der Waals surface area contributed by atoms with Crippen LogP contribution in [0.5, 0.6) is 0 Å². The first-order valence-corrected chi connectivity index (χ1v) is 7.58. The van der Waals surface area contributed by atoms with Crippen LogP contribution in [0.3, 0.4) is 0 Å². The smallest absolute Gasteiger partial charge is 0.223 e. The largest absolute Gasteiger partial charge is 0.341 e. The first-order valence-electron chi connectivity index (χ1n) is 6.60. The highest BCUT2D eigenvalue weighted by Crippen LogP contribution is 2.22. The van der Waals surface area contributed by atoms with Gasteiger partial charge in [-0.05, 0) is 0 Å². The standard InChI is InChI=1S/C12H16N6OS/c19-9(18-4-2-13-3-5-18)1-6-20-12-10-11(15-7-14-10)16-8-17-12/h7-8,13H,1-6H2,(H,14,15,16,17). The average molecular weight is 292 g/mol. The van der Waals surface area contributed by atoms with Gasteiger partial charge in [-0.2, -0.15) is 0 Å². The Hall–Kier alpha value is -1.67. The fourth-order valence-electron chi connectivity index (χ4n) is 2.16. The van der Waals surface area contributed by atoms with Gasteiger partial charge < -0.3 is 15.2 Å². The van der Waals surface area contributed by atoms with Crippen LogP contribution < -0.4 is 5.32 Å².